The SMILES string of the molecule is CN(C)c1cc[n+](Cc2ccccc2-c2ccc(-c3ccccc3C[n+]3ccc(N(C)C)cc3)cc2)cc1.[Br-]. The summed E-state index contributed by atoms with van der Waals surface area (Å²) in [6.07, 6.45) is 8.60. The van der Waals surface area contributed by atoms with E-state index in [-0.39, 0.29) is 17.0 Å². The van der Waals surface area contributed by atoms with Gasteiger partial charge in [-0.1, -0.05) is 72.8 Å². The lowest BCUT2D eigenvalue weighted by Gasteiger charge is -2.12. The van der Waals surface area contributed by atoms with E-state index < -0.39 is 0 Å². The highest BCUT2D eigenvalue weighted by molar-refractivity contribution is 5.73. The second kappa shape index (κ2) is 12.7. The van der Waals surface area contributed by atoms with Crippen molar-refractivity contribution in [1.82, 2.24) is 0 Å². The highest BCUT2D eigenvalue weighted by Crippen LogP contribution is 2.29. The summed E-state index contributed by atoms with van der Waals surface area (Å²) in [6, 6.07) is 35.0. The van der Waals surface area contributed by atoms with E-state index in [2.05, 4.69) is 169 Å². The molecule has 0 radical (unpaired) electrons. The standard InChI is InChI=1S/C34H36N4.BrH/c1-35(2)31-17-21-37(22-18-31)25-29-9-5-7-11-33(29)27-13-15-28(16-14-27)34-12-8-6-10-30(34)26-38-23-19-32(20-24-38)36(3)4;/h5-24H,25-26H2,1-4H3;1H/q+2;/p-1. The van der Waals surface area contributed by atoms with Crippen molar-refractivity contribution in [3.63, 3.8) is 0 Å². The van der Waals surface area contributed by atoms with Crippen molar-refractivity contribution in [2.75, 3.05) is 38.0 Å². The zero-order valence-corrected chi connectivity index (χ0v) is 24.7. The molecule has 3 aromatic carbocycles. The molecule has 39 heavy (non-hydrogen) atoms. The topological polar surface area (TPSA) is 14.2 Å². The number of hydrogen-bond donors (Lipinski definition) is 0. The summed E-state index contributed by atoms with van der Waals surface area (Å²) in [5.74, 6) is 0. The van der Waals surface area contributed by atoms with Crippen molar-refractivity contribution in [3.8, 4) is 22.3 Å². The van der Waals surface area contributed by atoms with E-state index in [0.29, 0.717) is 0 Å². The molecule has 2 aromatic heterocycles. The lowest BCUT2D eigenvalue weighted by molar-refractivity contribution is -0.688. The minimum atomic E-state index is 0. The van der Waals surface area contributed by atoms with Gasteiger partial charge in [-0.05, 0) is 22.3 Å². The van der Waals surface area contributed by atoms with E-state index in [9.17, 15) is 0 Å². The Balaban J connectivity index is 0.00000353. The Bertz CT molecular complexity index is 1380. The monoisotopic (exact) mass is 579 g/mol. The van der Waals surface area contributed by atoms with Crippen LogP contribution in [0.1, 0.15) is 11.1 Å². The molecule has 0 bridgehead atoms. The summed E-state index contributed by atoms with van der Waals surface area (Å²) in [6.45, 7) is 1.66. The molecule has 5 rings (SSSR count). The van der Waals surface area contributed by atoms with Gasteiger partial charge in [0.05, 0.1) is 0 Å². The molecule has 0 aliphatic rings. The molecular formula is C34H36BrN4+. The zero-order chi connectivity index (χ0) is 26.5. The highest BCUT2D eigenvalue weighted by Gasteiger charge is 2.13. The molecule has 0 N–H and O–H groups in total. The van der Waals surface area contributed by atoms with Crippen LogP contribution in [0.3, 0.4) is 0 Å². The lowest BCUT2D eigenvalue weighted by Crippen LogP contribution is -3.00. The minimum Gasteiger partial charge on any atom is -1.00 e. The van der Waals surface area contributed by atoms with Crippen molar-refractivity contribution in [1.29, 1.82) is 0 Å². The van der Waals surface area contributed by atoms with Gasteiger partial charge in [-0.15, -0.1) is 0 Å². The molecule has 0 spiro atoms. The second-order valence-electron chi connectivity index (χ2n) is 10.1. The Kier molecular flexibility index (Phi) is 9.15. The summed E-state index contributed by atoms with van der Waals surface area (Å²) >= 11 is 0. The van der Waals surface area contributed by atoms with Crippen LogP contribution in [0.4, 0.5) is 11.4 Å². The average molecular weight is 581 g/mol. The first-order chi connectivity index (χ1) is 18.5. The van der Waals surface area contributed by atoms with Gasteiger partial charge in [-0.2, -0.15) is 0 Å². The van der Waals surface area contributed by atoms with Crippen LogP contribution in [-0.4, -0.2) is 28.2 Å². The fraction of sp³-hybridized carbons (Fsp3) is 0.176. The second-order valence-corrected chi connectivity index (χ2v) is 10.1. The maximum absolute atomic E-state index is 2.25. The summed E-state index contributed by atoms with van der Waals surface area (Å²) in [5.41, 5.74) is 10.0. The third kappa shape index (κ3) is 6.73. The van der Waals surface area contributed by atoms with Crippen molar-refractivity contribution in [2.24, 2.45) is 0 Å². The van der Waals surface area contributed by atoms with Gasteiger partial charge in [-0.25, -0.2) is 9.13 Å². The number of nitrogens with zero attached hydrogens (tertiary/aromatic N) is 4. The van der Waals surface area contributed by atoms with Crippen LogP contribution in [0.25, 0.3) is 22.3 Å². The van der Waals surface area contributed by atoms with E-state index in [1.807, 2.05) is 0 Å². The minimum absolute atomic E-state index is 0. The van der Waals surface area contributed by atoms with Crippen LogP contribution in [0.2, 0.25) is 0 Å². The molecule has 0 saturated heterocycles. The molecule has 0 fully saturated rings. The fourth-order valence-electron chi connectivity index (χ4n) is 4.81. The Morgan fingerprint density at radius 1 is 0.462 bits per heavy atom. The molecule has 0 aliphatic carbocycles. The summed E-state index contributed by atoms with van der Waals surface area (Å²) in [5, 5.41) is 0. The Hall–Kier alpha value is -3.96. The normalized spacial score (nSPS) is 10.6. The van der Waals surface area contributed by atoms with Crippen molar-refractivity contribution in [3.05, 3.63) is 133 Å². The van der Waals surface area contributed by atoms with Crippen LogP contribution in [0.5, 0.6) is 0 Å². The van der Waals surface area contributed by atoms with E-state index in [4.69, 9.17) is 0 Å². The Morgan fingerprint density at radius 3 is 1.13 bits per heavy atom. The van der Waals surface area contributed by atoms with Crippen molar-refractivity contribution < 1.29 is 26.1 Å². The third-order valence-corrected chi connectivity index (χ3v) is 7.03. The van der Waals surface area contributed by atoms with Crippen molar-refractivity contribution in [2.45, 2.75) is 13.1 Å². The lowest BCUT2D eigenvalue weighted by atomic mass is 9.95. The van der Waals surface area contributed by atoms with Gasteiger partial charge in [0.15, 0.2) is 37.9 Å². The molecule has 0 unspecified atom stereocenters. The average Bonchev–Trinajstić information content (AvgIpc) is 2.94. The van der Waals surface area contributed by atoms with Crippen LogP contribution >= 0.6 is 0 Å². The van der Waals surface area contributed by atoms with Gasteiger partial charge in [0, 0.05) is 75.0 Å². The van der Waals surface area contributed by atoms with Gasteiger partial charge in [0.25, 0.3) is 0 Å². The van der Waals surface area contributed by atoms with Gasteiger partial charge in [-0.3, -0.25) is 0 Å². The smallest absolute Gasteiger partial charge is 0.174 e. The molecule has 198 valence electrons. The van der Waals surface area contributed by atoms with E-state index >= 15 is 0 Å². The molecule has 0 aliphatic heterocycles. The quantitative estimate of drug-likeness (QED) is 0.262. The van der Waals surface area contributed by atoms with Gasteiger partial charge in [0.1, 0.15) is 0 Å². The number of rotatable bonds is 8. The zero-order valence-electron chi connectivity index (χ0n) is 23.1. The number of halogens is 1. The Labute approximate surface area is 243 Å². The third-order valence-electron chi connectivity index (χ3n) is 7.03. The molecule has 0 saturated carbocycles. The largest absolute Gasteiger partial charge is 1.00 e. The number of benzene rings is 3. The number of aromatic nitrogens is 2. The summed E-state index contributed by atoms with van der Waals surface area (Å²) in [4.78, 5) is 4.24. The van der Waals surface area contributed by atoms with Crippen molar-refractivity contribution >= 4 is 11.4 Å². The first-order valence-corrected chi connectivity index (χ1v) is 13.1. The first-order valence-electron chi connectivity index (χ1n) is 13.1. The van der Waals surface area contributed by atoms with E-state index in [0.717, 1.165) is 13.1 Å². The number of hydrogen-bond acceptors (Lipinski definition) is 2. The van der Waals surface area contributed by atoms with Crippen LogP contribution in [0.15, 0.2) is 122 Å². The van der Waals surface area contributed by atoms with E-state index in [1.54, 1.807) is 0 Å². The van der Waals surface area contributed by atoms with Gasteiger partial charge < -0.3 is 26.8 Å². The molecule has 5 aromatic rings. The molecule has 0 atom stereocenters. The number of anilines is 2. The first kappa shape index (κ1) is 28.1. The molecular weight excluding hydrogens is 544 g/mol. The predicted octanol–water partition coefficient (Wildman–Crippen LogP) is 2.83. The Morgan fingerprint density at radius 2 is 0.795 bits per heavy atom. The maximum atomic E-state index is 2.25. The predicted molar refractivity (Wildman–Crippen MR) is 157 cm³/mol. The summed E-state index contributed by atoms with van der Waals surface area (Å²) < 4.78 is 4.47. The van der Waals surface area contributed by atoms with Crippen LogP contribution < -0.4 is 35.9 Å². The van der Waals surface area contributed by atoms with Gasteiger partial charge in [0.2, 0.25) is 0 Å². The molecule has 2 heterocycles. The van der Waals surface area contributed by atoms with Gasteiger partial charge >= 0.3 is 0 Å². The van der Waals surface area contributed by atoms with Crippen LogP contribution in [-0.2, 0) is 13.1 Å². The highest BCUT2D eigenvalue weighted by atomic mass is 79.9. The van der Waals surface area contributed by atoms with Crippen LogP contribution in [0, 0.1) is 0 Å². The maximum Gasteiger partial charge on any atom is 0.174 e. The molecule has 0 amide bonds. The fourth-order valence-corrected chi connectivity index (χ4v) is 4.81. The van der Waals surface area contributed by atoms with E-state index in [1.165, 1.54) is 44.8 Å². The molecule has 4 nitrogen and oxygen atoms in total. The molecule has 5 heteroatoms. The summed E-state index contributed by atoms with van der Waals surface area (Å²) in [7, 11) is 8.27. The number of pyridine rings is 2.